The molecule has 0 aliphatic rings. The summed E-state index contributed by atoms with van der Waals surface area (Å²) in [7, 11) is -9.91. The van der Waals surface area contributed by atoms with E-state index >= 15 is 0 Å². The van der Waals surface area contributed by atoms with Gasteiger partial charge in [0.15, 0.2) is 12.2 Å². The van der Waals surface area contributed by atoms with Crippen LogP contribution in [-0.4, -0.2) is 96.7 Å². The minimum Gasteiger partial charge on any atom is -0.462 e. The first-order valence-electron chi connectivity index (χ1n) is 39.7. The Morgan fingerprint density at radius 2 is 0.505 bits per heavy atom. The van der Waals surface area contributed by atoms with Crippen LogP contribution in [0.25, 0.3) is 0 Å². The number of rotatable bonds is 76. The second kappa shape index (κ2) is 69.2. The lowest BCUT2D eigenvalue weighted by molar-refractivity contribution is -0.161. The predicted octanol–water partition coefficient (Wildman–Crippen LogP) is 22.5. The lowest BCUT2D eigenvalue weighted by atomic mass is 9.99. The van der Waals surface area contributed by atoms with E-state index in [4.69, 9.17) is 37.0 Å². The monoisotopic (exact) mass is 1400 g/mol. The molecule has 0 aromatic carbocycles. The number of hydrogen-bond donors (Lipinski definition) is 3. The van der Waals surface area contributed by atoms with Crippen molar-refractivity contribution in [2.75, 3.05) is 39.6 Å². The van der Waals surface area contributed by atoms with Crippen molar-refractivity contribution in [3.63, 3.8) is 0 Å². The van der Waals surface area contributed by atoms with Crippen LogP contribution in [0.3, 0.4) is 0 Å². The van der Waals surface area contributed by atoms with Crippen molar-refractivity contribution in [2.45, 2.75) is 419 Å². The van der Waals surface area contributed by atoms with Crippen molar-refractivity contribution in [2.24, 2.45) is 5.92 Å². The summed E-state index contributed by atoms with van der Waals surface area (Å²) < 4.78 is 68.5. The van der Waals surface area contributed by atoms with Gasteiger partial charge in [-0.15, -0.1) is 0 Å². The van der Waals surface area contributed by atoms with Gasteiger partial charge in [-0.1, -0.05) is 349 Å². The van der Waals surface area contributed by atoms with E-state index in [1.165, 1.54) is 225 Å². The van der Waals surface area contributed by atoms with Crippen LogP contribution in [-0.2, 0) is 65.4 Å². The molecule has 19 heteroatoms. The number of aliphatic hydroxyl groups is 1. The third-order valence-corrected chi connectivity index (χ3v) is 20.0. The molecule has 0 rings (SSSR count). The lowest BCUT2D eigenvalue weighted by Crippen LogP contribution is -2.30. The van der Waals surface area contributed by atoms with Crippen LogP contribution in [0.1, 0.15) is 401 Å². The molecule has 0 aliphatic carbocycles. The molecule has 3 N–H and O–H groups in total. The highest BCUT2D eigenvalue weighted by atomic mass is 31.2. The first kappa shape index (κ1) is 93.1. The standard InChI is InChI=1S/C76H148O17P2/c1-6-10-13-16-19-22-25-26-27-28-29-30-31-32-33-34-35-37-40-47-52-57-62-76(81)93-72(66-87-74(79)60-55-50-45-42-41-43-48-53-58-69(5)9-4)68-91-95(84,85)89-64-70(77)63-88-94(82,83)90-67-71(65-86-73(78)59-54-49-44-38-24-21-18-15-12-8-3)92-75(80)61-56-51-46-39-36-23-20-17-14-11-7-2/h69-72,77H,6-68H2,1-5H3,(H,82,83)(H,84,85)/t69?,70-,71+,72+/m0/s1. The van der Waals surface area contributed by atoms with Crippen LogP contribution in [0.5, 0.6) is 0 Å². The Hall–Kier alpha value is -1.94. The van der Waals surface area contributed by atoms with Gasteiger partial charge >= 0.3 is 39.5 Å². The Balaban J connectivity index is 5.17. The molecule has 95 heavy (non-hydrogen) atoms. The molecule has 0 bridgehead atoms. The normalized spacial score (nSPS) is 14.2. The molecule has 0 saturated carbocycles. The Labute approximate surface area is 581 Å². The van der Waals surface area contributed by atoms with Gasteiger partial charge in [0, 0.05) is 25.7 Å². The van der Waals surface area contributed by atoms with Crippen molar-refractivity contribution in [1.82, 2.24) is 0 Å². The summed E-state index contributed by atoms with van der Waals surface area (Å²) in [4.78, 5) is 72.7. The second-order valence-corrected chi connectivity index (χ2v) is 30.5. The molecule has 0 aromatic rings. The van der Waals surface area contributed by atoms with Gasteiger partial charge in [-0.25, -0.2) is 9.13 Å². The Morgan fingerprint density at radius 1 is 0.295 bits per heavy atom. The van der Waals surface area contributed by atoms with E-state index < -0.39 is 97.5 Å². The minimum atomic E-state index is -4.96. The highest BCUT2D eigenvalue weighted by molar-refractivity contribution is 7.47. The van der Waals surface area contributed by atoms with Crippen LogP contribution in [0.2, 0.25) is 0 Å². The largest absolute Gasteiger partial charge is 0.472 e. The van der Waals surface area contributed by atoms with Gasteiger partial charge in [-0.2, -0.15) is 0 Å². The highest BCUT2D eigenvalue weighted by Crippen LogP contribution is 2.45. The van der Waals surface area contributed by atoms with E-state index in [-0.39, 0.29) is 25.7 Å². The minimum absolute atomic E-state index is 0.107. The molecule has 0 radical (unpaired) electrons. The molecule has 0 aromatic heterocycles. The molecule has 0 fully saturated rings. The fourth-order valence-corrected chi connectivity index (χ4v) is 13.3. The fraction of sp³-hybridized carbons (Fsp3) is 0.947. The zero-order valence-corrected chi connectivity index (χ0v) is 63.6. The van der Waals surface area contributed by atoms with Crippen LogP contribution in [0.15, 0.2) is 0 Å². The summed E-state index contributed by atoms with van der Waals surface area (Å²) in [6, 6.07) is 0. The van der Waals surface area contributed by atoms with E-state index in [0.717, 1.165) is 95.8 Å². The lowest BCUT2D eigenvalue weighted by Gasteiger charge is -2.21. The van der Waals surface area contributed by atoms with E-state index in [9.17, 15) is 43.2 Å². The molecule has 564 valence electrons. The predicted molar refractivity (Wildman–Crippen MR) is 386 cm³/mol. The maximum atomic E-state index is 13.1. The molecule has 0 heterocycles. The van der Waals surface area contributed by atoms with Crippen LogP contribution >= 0.6 is 15.6 Å². The van der Waals surface area contributed by atoms with Crippen LogP contribution in [0, 0.1) is 5.92 Å². The van der Waals surface area contributed by atoms with E-state index in [0.29, 0.717) is 25.7 Å². The van der Waals surface area contributed by atoms with Gasteiger partial charge in [0.2, 0.25) is 0 Å². The van der Waals surface area contributed by atoms with E-state index in [1.807, 2.05) is 0 Å². The average Bonchev–Trinajstić information content (AvgIpc) is 1.95. The Kier molecular flexibility index (Phi) is 67.7. The number of esters is 4. The van der Waals surface area contributed by atoms with E-state index in [1.54, 1.807) is 0 Å². The van der Waals surface area contributed by atoms with Gasteiger partial charge in [0.05, 0.1) is 26.4 Å². The second-order valence-electron chi connectivity index (χ2n) is 27.6. The number of unbranched alkanes of at least 4 members (excludes halogenated alkanes) is 47. The molecule has 0 amide bonds. The van der Waals surface area contributed by atoms with Crippen molar-refractivity contribution < 1.29 is 80.2 Å². The fourth-order valence-electron chi connectivity index (χ4n) is 11.7. The molecule has 0 spiro atoms. The first-order chi connectivity index (χ1) is 46.1. The number of carbonyl (C=O) groups is 4. The van der Waals surface area contributed by atoms with Crippen molar-refractivity contribution in [1.29, 1.82) is 0 Å². The SMILES string of the molecule is CCCCCCCCCCCCCCCCCCCCCCCCC(=O)O[C@H](COC(=O)CCCCCCCCCCC(C)CC)COP(=O)(O)OC[C@@H](O)COP(=O)(O)OC[C@@H](COC(=O)CCCCCCCCCCCC)OC(=O)CCCCCCCCCCCCC. The molecular formula is C76H148O17P2. The van der Waals surface area contributed by atoms with E-state index in [2.05, 4.69) is 34.6 Å². The Bertz CT molecular complexity index is 1820. The molecule has 3 unspecified atom stereocenters. The maximum absolute atomic E-state index is 13.1. The topological polar surface area (TPSA) is 237 Å². The highest BCUT2D eigenvalue weighted by Gasteiger charge is 2.30. The summed E-state index contributed by atoms with van der Waals surface area (Å²) in [5.74, 6) is -1.34. The number of aliphatic hydroxyl groups excluding tert-OH is 1. The zero-order valence-electron chi connectivity index (χ0n) is 61.8. The summed E-state index contributed by atoms with van der Waals surface area (Å²) in [5, 5.41) is 10.6. The van der Waals surface area contributed by atoms with Gasteiger partial charge in [-0.05, 0) is 31.6 Å². The zero-order chi connectivity index (χ0) is 69.8. The van der Waals surface area contributed by atoms with Crippen molar-refractivity contribution in [3.05, 3.63) is 0 Å². The number of phosphoric ester groups is 2. The summed E-state index contributed by atoms with van der Waals surface area (Å²) in [5.41, 5.74) is 0. The van der Waals surface area contributed by atoms with Gasteiger partial charge in [0.25, 0.3) is 0 Å². The molecular weight excluding hydrogens is 1250 g/mol. The van der Waals surface area contributed by atoms with Gasteiger partial charge in [0.1, 0.15) is 19.3 Å². The van der Waals surface area contributed by atoms with Crippen LogP contribution < -0.4 is 0 Å². The smallest absolute Gasteiger partial charge is 0.462 e. The van der Waals surface area contributed by atoms with Crippen molar-refractivity contribution >= 4 is 39.5 Å². The summed E-state index contributed by atoms with van der Waals surface area (Å²) in [6.45, 7) is 7.27. The number of ether oxygens (including phenoxy) is 4. The third kappa shape index (κ3) is 69.0. The number of carbonyl (C=O) groups excluding carboxylic acids is 4. The van der Waals surface area contributed by atoms with Crippen molar-refractivity contribution in [3.8, 4) is 0 Å². The summed E-state index contributed by atoms with van der Waals surface area (Å²) in [6.07, 6.45) is 58.3. The molecule has 0 aliphatic heterocycles. The van der Waals surface area contributed by atoms with Gasteiger partial charge in [-0.3, -0.25) is 37.3 Å². The molecule has 0 saturated heterocycles. The third-order valence-electron chi connectivity index (χ3n) is 18.1. The number of phosphoric acid groups is 2. The van der Waals surface area contributed by atoms with Gasteiger partial charge < -0.3 is 33.8 Å². The Morgan fingerprint density at radius 3 is 0.747 bits per heavy atom. The number of hydrogen-bond acceptors (Lipinski definition) is 15. The molecule has 6 atom stereocenters. The quantitative estimate of drug-likeness (QED) is 0.0222. The van der Waals surface area contributed by atoms with Crippen LogP contribution in [0.4, 0.5) is 0 Å². The molecule has 17 nitrogen and oxygen atoms in total. The average molecular weight is 1400 g/mol. The summed E-state index contributed by atoms with van der Waals surface area (Å²) >= 11 is 0. The first-order valence-corrected chi connectivity index (χ1v) is 42.7. The maximum Gasteiger partial charge on any atom is 0.472 e.